The molecule has 1 aromatic rings. The van der Waals surface area contributed by atoms with Crippen LogP contribution in [0.4, 0.5) is 0 Å². The quantitative estimate of drug-likeness (QED) is 0.836. The molecule has 0 spiro atoms. The minimum Gasteiger partial charge on any atom is -0.477 e. The van der Waals surface area contributed by atoms with E-state index in [0.717, 1.165) is 0 Å². The van der Waals surface area contributed by atoms with Crippen molar-refractivity contribution in [3.05, 3.63) is 34.9 Å². The Labute approximate surface area is 91.4 Å². The van der Waals surface area contributed by atoms with Gasteiger partial charge in [-0.3, -0.25) is 0 Å². The molecule has 0 aliphatic carbocycles. The van der Waals surface area contributed by atoms with Crippen LogP contribution in [-0.2, 0) is 20.1 Å². The smallest absolute Gasteiger partial charge is 0.369 e. The van der Waals surface area contributed by atoms with Crippen LogP contribution in [0.25, 0.3) is 0 Å². The number of rotatable bonds is 2. The first-order valence-electron chi connectivity index (χ1n) is 4.42. The summed E-state index contributed by atoms with van der Waals surface area (Å²) in [5, 5.41) is 9.57. The first kappa shape index (κ1) is 10.4. The van der Waals surface area contributed by atoms with E-state index in [-0.39, 0.29) is 13.2 Å². The van der Waals surface area contributed by atoms with E-state index in [4.69, 9.17) is 26.2 Å². The van der Waals surface area contributed by atoms with Crippen LogP contribution in [0, 0.1) is 0 Å². The topological polar surface area (TPSA) is 55.8 Å². The van der Waals surface area contributed by atoms with E-state index in [0.29, 0.717) is 10.6 Å². The van der Waals surface area contributed by atoms with Crippen molar-refractivity contribution in [2.45, 2.75) is 5.79 Å². The molecule has 0 atom stereocenters. The summed E-state index contributed by atoms with van der Waals surface area (Å²) in [6, 6.07) is 6.47. The van der Waals surface area contributed by atoms with Gasteiger partial charge < -0.3 is 14.6 Å². The Kier molecular flexibility index (Phi) is 2.65. The van der Waals surface area contributed by atoms with Crippen molar-refractivity contribution in [2.24, 2.45) is 0 Å². The predicted octanol–water partition coefficient (Wildman–Crippen LogP) is 1.62. The Hall–Kier alpha value is -1.10. The maximum absolute atomic E-state index is 11.1. The number of carboxylic acid groups (broad SMARTS) is 1. The molecule has 1 N–H and O–H groups in total. The van der Waals surface area contributed by atoms with Gasteiger partial charge in [0, 0.05) is 10.6 Å². The molecule has 80 valence electrons. The molecule has 0 saturated carbocycles. The predicted molar refractivity (Wildman–Crippen MR) is 52.7 cm³/mol. The molecule has 1 fully saturated rings. The molecule has 0 bridgehead atoms. The van der Waals surface area contributed by atoms with Crippen LogP contribution < -0.4 is 0 Å². The number of halogens is 1. The number of hydrogen-bond donors (Lipinski definition) is 1. The Morgan fingerprint density at radius 1 is 1.40 bits per heavy atom. The van der Waals surface area contributed by atoms with Gasteiger partial charge in [0.2, 0.25) is 0 Å². The molecule has 1 aliphatic rings. The first-order valence-corrected chi connectivity index (χ1v) is 4.80. The second-order valence-electron chi connectivity index (χ2n) is 3.13. The summed E-state index contributed by atoms with van der Waals surface area (Å²) < 4.78 is 10.3. The fraction of sp³-hybridized carbons (Fsp3) is 0.300. The van der Waals surface area contributed by atoms with Crippen molar-refractivity contribution in [1.82, 2.24) is 0 Å². The molecular formula is C10H9ClO4. The molecule has 1 aliphatic heterocycles. The molecule has 15 heavy (non-hydrogen) atoms. The van der Waals surface area contributed by atoms with Crippen LogP contribution in [0.5, 0.6) is 0 Å². The standard InChI is InChI=1S/C10H9ClO4/c11-8-3-1-2-7(6-8)10(9(12)13)14-4-5-15-10/h1-3,6H,4-5H2,(H,12,13). The molecule has 2 rings (SSSR count). The third-order valence-corrected chi connectivity index (χ3v) is 2.42. The Balaban J connectivity index is 2.45. The summed E-state index contributed by atoms with van der Waals surface area (Å²) in [6.45, 7) is 0.525. The summed E-state index contributed by atoms with van der Waals surface area (Å²) in [4.78, 5) is 11.1. The molecule has 1 heterocycles. The lowest BCUT2D eigenvalue weighted by Gasteiger charge is -2.22. The number of carbonyl (C=O) groups is 1. The van der Waals surface area contributed by atoms with Gasteiger partial charge in [-0.2, -0.15) is 0 Å². The van der Waals surface area contributed by atoms with Crippen molar-refractivity contribution in [3.63, 3.8) is 0 Å². The zero-order valence-corrected chi connectivity index (χ0v) is 8.53. The highest BCUT2D eigenvalue weighted by atomic mass is 35.5. The van der Waals surface area contributed by atoms with Crippen molar-refractivity contribution < 1.29 is 19.4 Å². The molecular weight excluding hydrogens is 220 g/mol. The van der Waals surface area contributed by atoms with Crippen LogP contribution in [0.1, 0.15) is 5.56 Å². The van der Waals surface area contributed by atoms with E-state index in [1.54, 1.807) is 18.2 Å². The molecule has 5 heteroatoms. The number of hydrogen-bond acceptors (Lipinski definition) is 3. The average Bonchev–Trinajstić information content (AvgIpc) is 2.67. The average molecular weight is 229 g/mol. The molecule has 1 saturated heterocycles. The third kappa shape index (κ3) is 1.71. The van der Waals surface area contributed by atoms with Crippen LogP contribution in [0.3, 0.4) is 0 Å². The molecule has 0 amide bonds. The normalized spacial score (nSPS) is 19.0. The second kappa shape index (κ2) is 3.81. The van der Waals surface area contributed by atoms with Gasteiger partial charge in [-0.1, -0.05) is 23.7 Å². The van der Waals surface area contributed by atoms with E-state index in [2.05, 4.69) is 0 Å². The maximum Gasteiger partial charge on any atom is 0.369 e. The van der Waals surface area contributed by atoms with Gasteiger partial charge in [-0.05, 0) is 12.1 Å². The lowest BCUT2D eigenvalue weighted by molar-refractivity contribution is -0.205. The van der Waals surface area contributed by atoms with Crippen molar-refractivity contribution in [2.75, 3.05) is 13.2 Å². The van der Waals surface area contributed by atoms with Gasteiger partial charge in [0.15, 0.2) is 0 Å². The van der Waals surface area contributed by atoms with Crippen molar-refractivity contribution in [3.8, 4) is 0 Å². The highest BCUT2D eigenvalue weighted by molar-refractivity contribution is 6.30. The van der Waals surface area contributed by atoms with E-state index in [1.807, 2.05) is 0 Å². The molecule has 0 unspecified atom stereocenters. The van der Waals surface area contributed by atoms with Crippen molar-refractivity contribution in [1.29, 1.82) is 0 Å². The maximum atomic E-state index is 11.1. The SMILES string of the molecule is O=C(O)C1(c2cccc(Cl)c2)OCCO1. The second-order valence-corrected chi connectivity index (χ2v) is 3.57. The van der Waals surface area contributed by atoms with Crippen LogP contribution in [0.15, 0.2) is 24.3 Å². The monoisotopic (exact) mass is 228 g/mol. The molecule has 0 aromatic heterocycles. The highest BCUT2D eigenvalue weighted by Crippen LogP contribution is 2.32. The Bertz CT molecular complexity index is 385. The van der Waals surface area contributed by atoms with Crippen LogP contribution in [-0.4, -0.2) is 24.3 Å². The lowest BCUT2D eigenvalue weighted by Crippen LogP contribution is -2.36. The minimum atomic E-state index is -1.69. The summed E-state index contributed by atoms with van der Waals surface area (Å²) in [6.07, 6.45) is 0. The lowest BCUT2D eigenvalue weighted by atomic mass is 10.1. The number of aliphatic carboxylic acids is 1. The zero-order valence-electron chi connectivity index (χ0n) is 7.77. The molecule has 0 radical (unpaired) electrons. The van der Waals surface area contributed by atoms with Gasteiger partial charge in [0.05, 0.1) is 13.2 Å². The summed E-state index contributed by atoms with van der Waals surface area (Å²) in [5.74, 6) is -2.85. The molecule has 1 aromatic carbocycles. The van der Waals surface area contributed by atoms with Gasteiger partial charge in [0.25, 0.3) is 5.79 Å². The van der Waals surface area contributed by atoms with Gasteiger partial charge in [0.1, 0.15) is 0 Å². The zero-order chi connectivity index (χ0) is 10.9. The summed E-state index contributed by atoms with van der Waals surface area (Å²) in [7, 11) is 0. The van der Waals surface area contributed by atoms with E-state index in [9.17, 15) is 4.79 Å². The fourth-order valence-electron chi connectivity index (χ4n) is 1.52. The number of carboxylic acids is 1. The number of ether oxygens (including phenoxy) is 2. The van der Waals surface area contributed by atoms with Crippen LogP contribution in [0.2, 0.25) is 5.02 Å². The van der Waals surface area contributed by atoms with Crippen LogP contribution >= 0.6 is 11.6 Å². The fourth-order valence-corrected chi connectivity index (χ4v) is 1.71. The highest BCUT2D eigenvalue weighted by Gasteiger charge is 2.46. The summed E-state index contributed by atoms with van der Waals surface area (Å²) in [5.41, 5.74) is 0.403. The van der Waals surface area contributed by atoms with Gasteiger partial charge >= 0.3 is 5.97 Å². The van der Waals surface area contributed by atoms with E-state index in [1.165, 1.54) is 6.07 Å². The largest absolute Gasteiger partial charge is 0.477 e. The van der Waals surface area contributed by atoms with Crippen molar-refractivity contribution >= 4 is 17.6 Å². The van der Waals surface area contributed by atoms with E-state index >= 15 is 0 Å². The van der Waals surface area contributed by atoms with E-state index < -0.39 is 11.8 Å². The van der Waals surface area contributed by atoms with Gasteiger partial charge in [-0.15, -0.1) is 0 Å². The summed E-state index contributed by atoms with van der Waals surface area (Å²) >= 11 is 5.79. The Morgan fingerprint density at radius 3 is 2.60 bits per heavy atom. The minimum absolute atomic E-state index is 0.263. The Morgan fingerprint density at radius 2 is 2.07 bits per heavy atom. The first-order chi connectivity index (χ1) is 7.15. The molecule has 4 nitrogen and oxygen atoms in total. The third-order valence-electron chi connectivity index (χ3n) is 2.18. The van der Waals surface area contributed by atoms with Gasteiger partial charge in [-0.25, -0.2) is 4.79 Å². The number of benzene rings is 1.